The van der Waals surface area contributed by atoms with Gasteiger partial charge in [0.05, 0.1) is 22.0 Å². The van der Waals surface area contributed by atoms with Gasteiger partial charge >= 0.3 is 0 Å². The third-order valence-electron chi connectivity index (χ3n) is 5.01. The summed E-state index contributed by atoms with van der Waals surface area (Å²) in [5, 5.41) is 7.77. The summed E-state index contributed by atoms with van der Waals surface area (Å²) >= 11 is 0. The van der Waals surface area contributed by atoms with Crippen LogP contribution in [0.5, 0.6) is 0 Å². The normalized spacial score (nSPS) is 15.4. The van der Waals surface area contributed by atoms with Crippen molar-refractivity contribution in [3.63, 3.8) is 0 Å². The Hall–Kier alpha value is -3.07. The fraction of sp³-hybridized carbons (Fsp3) is 0.250. The molecule has 0 spiro atoms. The van der Waals surface area contributed by atoms with Crippen molar-refractivity contribution >= 4 is 15.7 Å². The van der Waals surface area contributed by atoms with E-state index in [1.165, 1.54) is 23.1 Å². The fourth-order valence-electron chi connectivity index (χ4n) is 3.39. The predicted octanol–water partition coefficient (Wildman–Crippen LogP) is 2.48. The molecule has 2 aromatic carbocycles. The molecule has 0 unspecified atom stereocenters. The first-order chi connectivity index (χ1) is 13.9. The van der Waals surface area contributed by atoms with Crippen LogP contribution in [0.2, 0.25) is 0 Å². The number of piperidine rings is 1. The lowest BCUT2D eigenvalue weighted by molar-refractivity contribution is 0.0719. The molecular weight excluding hydrogens is 395 g/mol. The molecular formula is C20H19FN4O3S. The maximum Gasteiger partial charge on any atom is 0.276 e. The van der Waals surface area contributed by atoms with Crippen LogP contribution in [0.25, 0.3) is 5.69 Å². The molecule has 0 aliphatic carbocycles. The second-order valence-electron chi connectivity index (χ2n) is 6.85. The van der Waals surface area contributed by atoms with Gasteiger partial charge in [0.25, 0.3) is 5.91 Å². The van der Waals surface area contributed by atoms with Crippen molar-refractivity contribution in [2.75, 3.05) is 13.1 Å². The molecule has 0 N–H and O–H groups in total. The minimum Gasteiger partial charge on any atom is -0.337 e. The van der Waals surface area contributed by atoms with E-state index in [0.29, 0.717) is 25.9 Å². The number of benzene rings is 2. The highest BCUT2D eigenvalue weighted by Gasteiger charge is 2.33. The van der Waals surface area contributed by atoms with Crippen molar-refractivity contribution in [2.24, 2.45) is 0 Å². The summed E-state index contributed by atoms with van der Waals surface area (Å²) in [6.45, 7) is 0.615. The molecule has 0 atom stereocenters. The van der Waals surface area contributed by atoms with Crippen LogP contribution >= 0.6 is 0 Å². The zero-order chi connectivity index (χ0) is 20.4. The Morgan fingerprint density at radius 3 is 2.31 bits per heavy atom. The molecule has 29 heavy (non-hydrogen) atoms. The van der Waals surface area contributed by atoms with E-state index in [4.69, 9.17) is 0 Å². The van der Waals surface area contributed by atoms with Crippen LogP contribution in [0.15, 0.2) is 65.7 Å². The number of carbonyl (C=O) groups excluding carboxylic acids is 1. The highest BCUT2D eigenvalue weighted by atomic mass is 32.2. The molecule has 2 heterocycles. The average Bonchev–Trinajstić information content (AvgIpc) is 3.24. The van der Waals surface area contributed by atoms with E-state index in [0.717, 1.165) is 17.8 Å². The highest BCUT2D eigenvalue weighted by molar-refractivity contribution is 7.92. The summed E-state index contributed by atoms with van der Waals surface area (Å²) in [4.78, 5) is 15.8. The molecule has 9 heteroatoms. The van der Waals surface area contributed by atoms with Gasteiger partial charge in [0, 0.05) is 13.1 Å². The van der Waals surface area contributed by atoms with Crippen LogP contribution in [0.4, 0.5) is 4.39 Å². The molecule has 1 fully saturated rings. The summed E-state index contributed by atoms with van der Waals surface area (Å²) in [5.74, 6) is -0.752. The molecule has 0 bridgehead atoms. The van der Waals surface area contributed by atoms with Gasteiger partial charge in [0.15, 0.2) is 15.5 Å². The standard InChI is InChI=1S/C20H19FN4O3S/c21-15-6-8-17(9-7-15)29(27,28)18-10-12-24(13-11-18)20(26)19-14-22-25(23-19)16-4-2-1-3-5-16/h1-9,14,18H,10-13H2. The molecule has 1 amide bonds. The lowest BCUT2D eigenvalue weighted by atomic mass is 10.1. The van der Waals surface area contributed by atoms with Crippen LogP contribution in [-0.2, 0) is 9.84 Å². The Labute approximate surface area is 167 Å². The van der Waals surface area contributed by atoms with Crippen molar-refractivity contribution in [3.8, 4) is 5.69 Å². The minimum absolute atomic E-state index is 0.106. The molecule has 1 aliphatic heterocycles. The first-order valence-electron chi connectivity index (χ1n) is 9.21. The number of nitrogens with zero attached hydrogens (tertiary/aromatic N) is 4. The third kappa shape index (κ3) is 3.91. The summed E-state index contributed by atoms with van der Waals surface area (Å²) in [6.07, 6.45) is 2.05. The molecule has 0 saturated carbocycles. The average molecular weight is 414 g/mol. The number of aromatic nitrogens is 3. The lowest BCUT2D eigenvalue weighted by Gasteiger charge is -2.31. The molecule has 150 valence electrons. The number of para-hydroxylation sites is 1. The van der Waals surface area contributed by atoms with Gasteiger partial charge in [-0.05, 0) is 49.2 Å². The third-order valence-corrected chi connectivity index (χ3v) is 7.29. The number of halogens is 1. The van der Waals surface area contributed by atoms with Crippen LogP contribution in [-0.4, -0.2) is 52.6 Å². The Morgan fingerprint density at radius 1 is 1.00 bits per heavy atom. The second-order valence-corrected chi connectivity index (χ2v) is 9.07. The summed E-state index contributed by atoms with van der Waals surface area (Å²) in [6, 6.07) is 14.1. The number of amides is 1. The highest BCUT2D eigenvalue weighted by Crippen LogP contribution is 2.25. The molecule has 7 nitrogen and oxygen atoms in total. The monoisotopic (exact) mass is 414 g/mol. The summed E-state index contributed by atoms with van der Waals surface area (Å²) in [5.41, 5.74) is 0.962. The van der Waals surface area contributed by atoms with E-state index in [-0.39, 0.29) is 16.5 Å². The van der Waals surface area contributed by atoms with Crippen LogP contribution in [0, 0.1) is 5.82 Å². The van der Waals surface area contributed by atoms with Gasteiger partial charge in [0.1, 0.15) is 5.82 Å². The van der Waals surface area contributed by atoms with Crippen molar-refractivity contribution in [2.45, 2.75) is 23.0 Å². The number of carbonyl (C=O) groups is 1. The van der Waals surface area contributed by atoms with E-state index in [1.54, 1.807) is 4.90 Å². The Balaban J connectivity index is 1.42. The lowest BCUT2D eigenvalue weighted by Crippen LogP contribution is -2.42. The SMILES string of the molecule is O=C(c1cnn(-c2ccccc2)n1)N1CCC(S(=O)(=O)c2ccc(F)cc2)CC1. The van der Waals surface area contributed by atoms with Crippen LogP contribution in [0.1, 0.15) is 23.3 Å². The number of likely N-dealkylation sites (tertiary alicyclic amines) is 1. The fourth-order valence-corrected chi connectivity index (χ4v) is 5.13. The molecule has 1 saturated heterocycles. The van der Waals surface area contributed by atoms with Crippen LogP contribution < -0.4 is 0 Å². The molecule has 4 rings (SSSR count). The number of rotatable bonds is 4. The smallest absolute Gasteiger partial charge is 0.276 e. The largest absolute Gasteiger partial charge is 0.337 e. The zero-order valence-electron chi connectivity index (χ0n) is 15.5. The van der Waals surface area contributed by atoms with Crippen molar-refractivity contribution in [3.05, 3.63) is 72.3 Å². The minimum atomic E-state index is -3.56. The first-order valence-corrected chi connectivity index (χ1v) is 10.8. The molecule has 1 aromatic heterocycles. The van der Waals surface area contributed by atoms with E-state index in [2.05, 4.69) is 10.2 Å². The topological polar surface area (TPSA) is 85.2 Å². The Morgan fingerprint density at radius 2 is 1.66 bits per heavy atom. The quantitative estimate of drug-likeness (QED) is 0.613. The van der Waals surface area contributed by atoms with E-state index in [9.17, 15) is 17.6 Å². The van der Waals surface area contributed by atoms with Crippen molar-refractivity contribution < 1.29 is 17.6 Å². The van der Waals surface area contributed by atoms with Crippen molar-refractivity contribution in [1.29, 1.82) is 0 Å². The number of sulfone groups is 1. The summed E-state index contributed by atoms with van der Waals surface area (Å²) in [7, 11) is -3.56. The Kier molecular flexibility index (Phi) is 5.14. The maximum absolute atomic E-state index is 13.1. The van der Waals surface area contributed by atoms with Gasteiger partial charge in [-0.3, -0.25) is 4.79 Å². The van der Waals surface area contributed by atoms with Gasteiger partial charge in [-0.25, -0.2) is 12.8 Å². The van der Waals surface area contributed by atoms with Crippen molar-refractivity contribution in [1.82, 2.24) is 19.9 Å². The van der Waals surface area contributed by atoms with Gasteiger partial charge in [-0.15, -0.1) is 5.10 Å². The molecule has 0 radical (unpaired) electrons. The predicted molar refractivity (Wildman–Crippen MR) is 104 cm³/mol. The summed E-state index contributed by atoms with van der Waals surface area (Å²) < 4.78 is 38.6. The van der Waals surface area contributed by atoms with E-state index >= 15 is 0 Å². The van der Waals surface area contributed by atoms with E-state index < -0.39 is 20.9 Å². The van der Waals surface area contributed by atoms with E-state index in [1.807, 2.05) is 30.3 Å². The zero-order valence-corrected chi connectivity index (χ0v) is 16.3. The van der Waals surface area contributed by atoms with Crippen LogP contribution in [0.3, 0.4) is 0 Å². The molecule has 1 aliphatic rings. The second kappa shape index (κ2) is 7.75. The van der Waals surface area contributed by atoms with Gasteiger partial charge < -0.3 is 4.90 Å². The maximum atomic E-state index is 13.1. The number of hydrogen-bond donors (Lipinski definition) is 0. The van der Waals surface area contributed by atoms with Gasteiger partial charge in [-0.2, -0.15) is 9.90 Å². The molecule has 3 aromatic rings. The Bertz CT molecular complexity index is 1110. The van der Waals surface area contributed by atoms with Gasteiger partial charge in [0.2, 0.25) is 0 Å². The first kappa shape index (κ1) is 19.3. The van der Waals surface area contributed by atoms with Gasteiger partial charge in [-0.1, -0.05) is 18.2 Å². The number of hydrogen-bond acceptors (Lipinski definition) is 5.